The van der Waals surface area contributed by atoms with Crippen LogP contribution in [0.2, 0.25) is 0 Å². The van der Waals surface area contributed by atoms with Crippen LogP contribution in [0.15, 0.2) is 24.3 Å². The van der Waals surface area contributed by atoms with Crippen LogP contribution in [0, 0.1) is 11.2 Å². The van der Waals surface area contributed by atoms with Gasteiger partial charge in [0, 0.05) is 30.4 Å². The van der Waals surface area contributed by atoms with Crippen LogP contribution in [-0.4, -0.2) is 31.4 Å². The Balaban J connectivity index is 1.72. The van der Waals surface area contributed by atoms with E-state index in [0.29, 0.717) is 25.3 Å². The van der Waals surface area contributed by atoms with Gasteiger partial charge in [0.05, 0.1) is 13.2 Å². The zero-order chi connectivity index (χ0) is 14.6. The molecule has 1 aromatic carbocycles. The maximum atomic E-state index is 12.7. The molecule has 0 radical (unpaired) electrons. The van der Waals surface area contributed by atoms with Gasteiger partial charge in [-0.1, -0.05) is 6.92 Å². The van der Waals surface area contributed by atoms with Gasteiger partial charge in [-0.15, -0.1) is 0 Å². The predicted molar refractivity (Wildman–Crippen MR) is 71.9 cm³/mol. The summed E-state index contributed by atoms with van der Waals surface area (Å²) in [6.45, 7) is 3.92. The van der Waals surface area contributed by atoms with Gasteiger partial charge < -0.3 is 10.1 Å². The number of amides is 1. The third-order valence-electron chi connectivity index (χ3n) is 3.36. The molecule has 1 aliphatic heterocycles. The average Bonchev–Trinajstić information content (AvgIpc) is 2.41. The summed E-state index contributed by atoms with van der Waals surface area (Å²) >= 11 is 0. The molecule has 1 aliphatic rings. The van der Waals surface area contributed by atoms with Crippen LogP contribution in [-0.2, 0) is 9.53 Å². The van der Waals surface area contributed by atoms with Crippen LogP contribution in [0.5, 0.6) is 0 Å². The molecule has 1 amide bonds. The fourth-order valence-corrected chi connectivity index (χ4v) is 1.96. The van der Waals surface area contributed by atoms with Crippen molar-refractivity contribution in [2.75, 3.05) is 19.8 Å². The third-order valence-corrected chi connectivity index (χ3v) is 3.36. The number of hydrogen-bond acceptors (Lipinski definition) is 3. The van der Waals surface area contributed by atoms with Crippen molar-refractivity contribution in [3.63, 3.8) is 0 Å². The molecule has 0 bridgehead atoms. The summed E-state index contributed by atoms with van der Waals surface area (Å²) in [4.78, 5) is 23.5. The number of rotatable bonds is 6. The molecule has 5 heteroatoms. The molecule has 0 unspecified atom stereocenters. The quantitative estimate of drug-likeness (QED) is 0.810. The van der Waals surface area contributed by atoms with Crippen molar-refractivity contribution in [3.8, 4) is 0 Å². The molecule has 1 N–H and O–H groups in total. The van der Waals surface area contributed by atoms with Crippen molar-refractivity contribution in [2.45, 2.75) is 19.8 Å². The Morgan fingerprint density at radius 2 is 1.90 bits per heavy atom. The first-order valence-electron chi connectivity index (χ1n) is 6.62. The summed E-state index contributed by atoms with van der Waals surface area (Å²) in [5, 5.41) is 2.81. The normalized spacial score (nSPS) is 16.3. The van der Waals surface area contributed by atoms with E-state index in [-0.39, 0.29) is 35.8 Å². The molecular weight excluding hydrogens is 261 g/mol. The molecule has 1 saturated heterocycles. The number of ether oxygens (including phenoxy) is 1. The summed E-state index contributed by atoms with van der Waals surface area (Å²) in [6.07, 6.45) is 0.276. The number of Topliss-reactive ketones (excluding diaryl/α,β-unsaturated/α-hetero) is 1. The van der Waals surface area contributed by atoms with Crippen molar-refractivity contribution in [1.82, 2.24) is 5.32 Å². The average molecular weight is 279 g/mol. The minimum atomic E-state index is -0.379. The Bertz CT molecular complexity index is 494. The highest BCUT2D eigenvalue weighted by molar-refractivity contribution is 5.97. The van der Waals surface area contributed by atoms with Crippen molar-refractivity contribution >= 4 is 11.7 Å². The van der Waals surface area contributed by atoms with Gasteiger partial charge in [0.25, 0.3) is 0 Å². The Morgan fingerprint density at radius 3 is 2.45 bits per heavy atom. The largest absolute Gasteiger partial charge is 0.380 e. The van der Waals surface area contributed by atoms with Gasteiger partial charge in [-0.3, -0.25) is 9.59 Å². The fraction of sp³-hybridized carbons (Fsp3) is 0.467. The second kappa shape index (κ2) is 6.13. The molecule has 108 valence electrons. The Labute approximate surface area is 117 Å². The summed E-state index contributed by atoms with van der Waals surface area (Å²) in [5.41, 5.74) is 0.454. The van der Waals surface area contributed by atoms with Gasteiger partial charge in [0.15, 0.2) is 5.78 Å². The van der Waals surface area contributed by atoms with Crippen molar-refractivity contribution in [1.29, 1.82) is 0 Å². The molecule has 2 rings (SSSR count). The smallest absolute Gasteiger partial charge is 0.220 e. The molecule has 1 aromatic rings. The highest BCUT2D eigenvalue weighted by Gasteiger charge is 2.33. The van der Waals surface area contributed by atoms with Gasteiger partial charge in [-0.05, 0) is 24.3 Å². The van der Waals surface area contributed by atoms with E-state index in [4.69, 9.17) is 4.74 Å². The Hall–Kier alpha value is -1.75. The van der Waals surface area contributed by atoms with Crippen LogP contribution in [0.4, 0.5) is 4.39 Å². The second-order valence-electron chi connectivity index (χ2n) is 5.51. The van der Waals surface area contributed by atoms with Crippen LogP contribution < -0.4 is 5.32 Å². The van der Waals surface area contributed by atoms with Crippen LogP contribution >= 0.6 is 0 Å². The summed E-state index contributed by atoms with van der Waals surface area (Å²) in [5.74, 6) is -0.679. The second-order valence-corrected chi connectivity index (χ2v) is 5.51. The lowest BCUT2D eigenvalue weighted by atomic mass is 9.89. The number of carbonyl (C=O) groups excluding carboxylic acids is 2. The molecular formula is C15H18FNO3. The fourth-order valence-electron chi connectivity index (χ4n) is 1.96. The number of carbonyl (C=O) groups is 2. The van der Waals surface area contributed by atoms with Crippen LogP contribution in [0.3, 0.4) is 0 Å². The molecule has 20 heavy (non-hydrogen) atoms. The standard InChI is InChI=1S/C15H18FNO3/c1-15(9-20-10-15)8-17-14(19)7-6-13(18)11-2-4-12(16)5-3-11/h2-5H,6-10H2,1H3,(H,17,19). The van der Waals surface area contributed by atoms with Gasteiger partial charge in [0.2, 0.25) is 5.91 Å². The van der Waals surface area contributed by atoms with Crippen molar-refractivity contribution < 1.29 is 18.7 Å². The number of ketones is 1. The summed E-state index contributed by atoms with van der Waals surface area (Å²) in [6, 6.07) is 5.35. The minimum Gasteiger partial charge on any atom is -0.380 e. The van der Waals surface area contributed by atoms with Crippen LogP contribution in [0.25, 0.3) is 0 Å². The first kappa shape index (κ1) is 14.7. The Kier molecular flexibility index (Phi) is 4.49. The van der Waals surface area contributed by atoms with E-state index in [9.17, 15) is 14.0 Å². The van der Waals surface area contributed by atoms with Gasteiger partial charge in [0.1, 0.15) is 5.82 Å². The number of halogens is 1. The highest BCUT2D eigenvalue weighted by atomic mass is 19.1. The molecule has 0 aliphatic carbocycles. The van der Waals surface area contributed by atoms with Gasteiger partial charge in [-0.2, -0.15) is 0 Å². The molecule has 0 atom stereocenters. The molecule has 0 spiro atoms. The highest BCUT2D eigenvalue weighted by Crippen LogP contribution is 2.25. The molecule has 1 heterocycles. The van der Waals surface area contributed by atoms with E-state index in [0.717, 1.165) is 0 Å². The third kappa shape index (κ3) is 3.87. The predicted octanol–water partition coefficient (Wildman–Crippen LogP) is 1.94. The molecule has 0 saturated carbocycles. The van der Waals surface area contributed by atoms with Gasteiger partial charge >= 0.3 is 0 Å². The maximum Gasteiger partial charge on any atom is 0.220 e. The monoisotopic (exact) mass is 279 g/mol. The minimum absolute atomic E-state index is 0.0244. The lowest BCUT2D eigenvalue weighted by Crippen LogP contribution is -2.48. The van der Waals surface area contributed by atoms with E-state index < -0.39 is 0 Å². The van der Waals surface area contributed by atoms with E-state index in [1.807, 2.05) is 6.92 Å². The lowest BCUT2D eigenvalue weighted by Gasteiger charge is -2.38. The number of nitrogens with one attached hydrogen (secondary N) is 1. The van der Waals surface area contributed by atoms with Crippen molar-refractivity contribution in [2.24, 2.45) is 5.41 Å². The lowest BCUT2D eigenvalue weighted by molar-refractivity contribution is -0.126. The summed E-state index contributed by atoms with van der Waals surface area (Å²) < 4.78 is 17.8. The summed E-state index contributed by atoms with van der Waals surface area (Å²) in [7, 11) is 0. The maximum absolute atomic E-state index is 12.7. The molecule has 0 aromatic heterocycles. The topological polar surface area (TPSA) is 55.4 Å². The first-order chi connectivity index (χ1) is 9.48. The van der Waals surface area contributed by atoms with Crippen LogP contribution in [0.1, 0.15) is 30.1 Å². The van der Waals surface area contributed by atoms with E-state index in [2.05, 4.69) is 5.32 Å². The van der Waals surface area contributed by atoms with E-state index in [1.165, 1.54) is 24.3 Å². The number of hydrogen-bond donors (Lipinski definition) is 1. The Morgan fingerprint density at radius 1 is 1.25 bits per heavy atom. The van der Waals surface area contributed by atoms with Crippen molar-refractivity contribution in [3.05, 3.63) is 35.6 Å². The first-order valence-corrected chi connectivity index (χ1v) is 6.62. The molecule has 4 nitrogen and oxygen atoms in total. The molecule has 1 fully saturated rings. The SMILES string of the molecule is CC1(CNC(=O)CCC(=O)c2ccc(F)cc2)COC1. The zero-order valence-corrected chi connectivity index (χ0v) is 11.4. The number of benzene rings is 1. The van der Waals surface area contributed by atoms with Gasteiger partial charge in [-0.25, -0.2) is 4.39 Å². The zero-order valence-electron chi connectivity index (χ0n) is 11.4. The van der Waals surface area contributed by atoms with E-state index in [1.54, 1.807) is 0 Å². The van der Waals surface area contributed by atoms with E-state index >= 15 is 0 Å².